The van der Waals surface area contributed by atoms with Crippen LogP contribution in [-0.4, -0.2) is 6.54 Å². The Morgan fingerprint density at radius 1 is 1.60 bits per heavy atom. The van der Waals surface area contributed by atoms with Crippen LogP contribution in [0.5, 0.6) is 0 Å². The van der Waals surface area contributed by atoms with E-state index in [0.717, 1.165) is 18.4 Å². The third kappa shape index (κ3) is 1.60. The number of allylic oxidation sites excluding steroid dienone is 1. The molecule has 1 aliphatic carbocycles. The van der Waals surface area contributed by atoms with Gasteiger partial charge in [0.15, 0.2) is 0 Å². The number of nitrogens with two attached hydrogens (primary N) is 1. The maximum atomic E-state index is 5.38. The van der Waals surface area contributed by atoms with Gasteiger partial charge in [-0.05, 0) is 24.7 Å². The van der Waals surface area contributed by atoms with Crippen LogP contribution in [0.4, 0.5) is 0 Å². The Balaban J connectivity index is 2.24. The van der Waals surface area contributed by atoms with E-state index >= 15 is 0 Å². The fourth-order valence-corrected chi connectivity index (χ4v) is 1.42. The molecule has 1 aliphatic rings. The maximum Gasteiger partial charge on any atom is 0.0109 e. The third-order valence-electron chi connectivity index (χ3n) is 2.40. The molecule has 0 heterocycles. The Bertz CT molecular complexity index is 128. The summed E-state index contributed by atoms with van der Waals surface area (Å²) in [6.07, 6.45) is 4.77. The molecule has 2 N–H and O–H groups in total. The molecule has 1 heteroatoms. The predicted molar refractivity (Wildman–Crippen MR) is 44.7 cm³/mol. The average molecular weight is 139 g/mol. The fourth-order valence-electron chi connectivity index (χ4n) is 1.42. The normalized spacial score (nSPS) is 24.8. The smallest absolute Gasteiger partial charge is 0.0109 e. The van der Waals surface area contributed by atoms with Gasteiger partial charge in [0.1, 0.15) is 0 Å². The van der Waals surface area contributed by atoms with Crippen molar-refractivity contribution < 1.29 is 0 Å². The fraction of sp³-hybridized carbons (Fsp3) is 0.778. The van der Waals surface area contributed by atoms with Crippen molar-refractivity contribution in [1.82, 2.24) is 0 Å². The van der Waals surface area contributed by atoms with Crippen molar-refractivity contribution >= 4 is 0 Å². The first-order chi connectivity index (χ1) is 4.74. The summed E-state index contributed by atoms with van der Waals surface area (Å²) < 4.78 is 0. The van der Waals surface area contributed by atoms with Crippen LogP contribution in [-0.2, 0) is 0 Å². The molecule has 0 aliphatic heterocycles. The first-order valence-corrected chi connectivity index (χ1v) is 4.12. The molecule has 0 atom stereocenters. The molecule has 1 saturated carbocycles. The van der Waals surface area contributed by atoms with E-state index in [0.29, 0.717) is 0 Å². The Morgan fingerprint density at radius 2 is 2.20 bits per heavy atom. The van der Waals surface area contributed by atoms with Gasteiger partial charge >= 0.3 is 0 Å². The second kappa shape index (κ2) is 3.20. The zero-order chi connectivity index (χ0) is 7.56. The van der Waals surface area contributed by atoms with Crippen LogP contribution in [0.3, 0.4) is 0 Å². The molecule has 1 nitrogen and oxygen atoms in total. The summed E-state index contributed by atoms with van der Waals surface area (Å²) in [5.41, 5.74) is 6.95. The van der Waals surface area contributed by atoms with Gasteiger partial charge in [-0.2, -0.15) is 0 Å². The zero-order valence-electron chi connectivity index (χ0n) is 6.93. The first kappa shape index (κ1) is 7.80. The van der Waals surface area contributed by atoms with E-state index in [2.05, 4.69) is 19.9 Å². The first-order valence-electron chi connectivity index (χ1n) is 4.12. The molecule has 58 valence electrons. The van der Waals surface area contributed by atoms with Gasteiger partial charge in [-0.15, -0.1) is 0 Å². The molecule has 1 rings (SSSR count). The summed E-state index contributed by atoms with van der Waals surface area (Å²) in [6, 6.07) is 0. The molecule has 0 saturated heterocycles. The summed E-state index contributed by atoms with van der Waals surface area (Å²) in [4.78, 5) is 0. The van der Waals surface area contributed by atoms with E-state index in [4.69, 9.17) is 5.73 Å². The van der Waals surface area contributed by atoms with Gasteiger partial charge in [-0.1, -0.05) is 25.5 Å². The molecule has 0 unspecified atom stereocenters. The van der Waals surface area contributed by atoms with Gasteiger partial charge in [0.05, 0.1) is 0 Å². The monoisotopic (exact) mass is 139 g/mol. The van der Waals surface area contributed by atoms with Crippen LogP contribution >= 0.6 is 0 Å². The highest BCUT2D eigenvalue weighted by Crippen LogP contribution is 2.37. The average Bonchev–Trinajstić information content (AvgIpc) is 1.76. The Hall–Kier alpha value is -0.300. The predicted octanol–water partition coefficient (Wildman–Crippen LogP) is 1.94. The largest absolute Gasteiger partial charge is 0.327 e. The molecule has 1 fully saturated rings. The van der Waals surface area contributed by atoms with Crippen LogP contribution in [0.1, 0.15) is 26.7 Å². The van der Waals surface area contributed by atoms with Crippen molar-refractivity contribution in [3.05, 3.63) is 11.6 Å². The minimum atomic E-state index is 0.722. The van der Waals surface area contributed by atoms with Crippen molar-refractivity contribution in [3.8, 4) is 0 Å². The standard InChI is InChI=1S/C9H17N/c1-7(2)9-5-8(6-9)3-4-10/h3,7,9H,4-6,10H2,1-2H3. The highest BCUT2D eigenvalue weighted by molar-refractivity contribution is 5.13. The molecule has 0 aromatic heterocycles. The molecule has 0 amide bonds. The van der Waals surface area contributed by atoms with Crippen molar-refractivity contribution in [1.29, 1.82) is 0 Å². The minimum absolute atomic E-state index is 0.722. The quantitative estimate of drug-likeness (QED) is 0.581. The zero-order valence-corrected chi connectivity index (χ0v) is 6.93. The second-order valence-electron chi connectivity index (χ2n) is 3.51. The number of rotatable bonds is 2. The molecule has 0 bridgehead atoms. The van der Waals surface area contributed by atoms with Crippen molar-refractivity contribution in [2.45, 2.75) is 26.7 Å². The van der Waals surface area contributed by atoms with E-state index in [1.54, 1.807) is 5.57 Å². The highest BCUT2D eigenvalue weighted by Gasteiger charge is 2.24. The van der Waals surface area contributed by atoms with Gasteiger partial charge in [0.25, 0.3) is 0 Å². The SMILES string of the molecule is CC(C)C1CC(=CCN)C1. The number of hydrogen-bond acceptors (Lipinski definition) is 1. The molecule has 0 aromatic rings. The van der Waals surface area contributed by atoms with E-state index in [-0.39, 0.29) is 0 Å². The summed E-state index contributed by atoms with van der Waals surface area (Å²) >= 11 is 0. The topological polar surface area (TPSA) is 26.0 Å². The summed E-state index contributed by atoms with van der Waals surface area (Å²) in [5, 5.41) is 0. The van der Waals surface area contributed by atoms with Crippen molar-refractivity contribution in [2.24, 2.45) is 17.6 Å². The van der Waals surface area contributed by atoms with E-state index in [9.17, 15) is 0 Å². The summed E-state index contributed by atoms with van der Waals surface area (Å²) in [6.45, 7) is 5.31. The number of hydrogen-bond donors (Lipinski definition) is 1. The van der Waals surface area contributed by atoms with Gasteiger partial charge in [-0.3, -0.25) is 0 Å². The molecule has 0 radical (unpaired) electrons. The van der Waals surface area contributed by atoms with Gasteiger partial charge in [-0.25, -0.2) is 0 Å². The lowest BCUT2D eigenvalue weighted by molar-refractivity contribution is 0.308. The molecular formula is C9H17N. The van der Waals surface area contributed by atoms with E-state index in [1.807, 2.05) is 0 Å². The Kier molecular flexibility index (Phi) is 2.50. The second-order valence-corrected chi connectivity index (χ2v) is 3.51. The molecule has 0 aromatic carbocycles. The molecular weight excluding hydrogens is 122 g/mol. The van der Waals surface area contributed by atoms with Crippen LogP contribution in [0.2, 0.25) is 0 Å². The third-order valence-corrected chi connectivity index (χ3v) is 2.40. The van der Waals surface area contributed by atoms with Gasteiger partial charge in [0, 0.05) is 6.54 Å². The highest BCUT2D eigenvalue weighted by atomic mass is 14.5. The van der Waals surface area contributed by atoms with Crippen LogP contribution < -0.4 is 5.73 Å². The van der Waals surface area contributed by atoms with Gasteiger partial charge < -0.3 is 5.73 Å². The van der Waals surface area contributed by atoms with Gasteiger partial charge in [0.2, 0.25) is 0 Å². The summed E-state index contributed by atoms with van der Waals surface area (Å²) in [5.74, 6) is 1.80. The lowest BCUT2D eigenvalue weighted by Gasteiger charge is -2.32. The van der Waals surface area contributed by atoms with Crippen LogP contribution in [0.15, 0.2) is 11.6 Å². The molecule has 10 heavy (non-hydrogen) atoms. The Labute approximate surface area is 63.3 Å². The van der Waals surface area contributed by atoms with Crippen LogP contribution in [0.25, 0.3) is 0 Å². The lowest BCUT2D eigenvalue weighted by atomic mass is 9.73. The molecule has 0 spiro atoms. The summed E-state index contributed by atoms with van der Waals surface area (Å²) in [7, 11) is 0. The van der Waals surface area contributed by atoms with Crippen LogP contribution in [0, 0.1) is 11.8 Å². The maximum absolute atomic E-state index is 5.38. The van der Waals surface area contributed by atoms with E-state index < -0.39 is 0 Å². The minimum Gasteiger partial charge on any atom is -0.327 e. The van der Waals surface area contributed by atoms with Crippen molar-refractivity contribution in [2.75, 3.05) is 6.54 Å². The lowest BCUT2D eigenvalue weighted by Crippen LogP contribution is -2.20. The Morgan fingerprint density at radius 3 is 2.60 bits per heavy atom. The van der Waals surface area contributed by atoms with E-state index in [1.165, 1.54) is 12.8 Å². The van der Waals surface area contributed by atoms with Crippen molar-refractivity contribution in [3.63, 3.8) is 0 Å².